The first-order valence-corrected chi connectivity index (χ1v) is 9.83. The van der Waals surface area contributed by atoms with Gasteiger partial charge < -0.3 is 24.8 Å². The summed E-state index contributed by atoms with van der Waals surface area (Å²) in [5.74, 6) is 0.969. The molecule has 0 aliphatic carbocycles. The molecule has 3 aromatic rings. The maximum atomic E-state index is 12.9. The van der Waals surface area contributed by atoms with Crippen molar-refractivity contribution in [2.24, 2.45) is 0 Å². The van der Waals surface area contributed by atoms with Crippen LogP contribution < -0.4 is 24.8 Å². The molecular formula is C24H22N2O5. The van der Waals surface area contributed by atoms with Gasteiger partial charge in [-0.05, 0) is 43.3 Å². The first-order valence-electron chi connectivity index (χ1n) is 9.83. The fourth-order valence-electron chi connectivity index (χ4n) is 3.30. The van der Waals surface area contributed by atoms with Crippen LogP contribution in [0.15, 0.2) is 72.8 Å². The number of benzene rings is 3. The van der Waals surface area contributed by atoms with Crippen molar-refractivity contribution in [3.8, 4) is 17.2 Å². The molecule has 7 heteroatoms. The zero-order valence-electron chi connectivity index (χ0n) is 17.1. The lowest BCUT2D eigenvalue weighted by Gasteiger charge is -2.31. The minimum Gasteiger partial charge on any atom is -0.497 e. The number of carbonyl (C=O) groups excluding carboxylic acids is 2. The van der Waals surface area contributed by atoms with E-state index >= 15 is 0 Å². The van der Waals surface area contributed by atoms with Crippen LogP contribution in [0.25, 0.3) is 0 Å². The van der Waals surface area contributed by atoms with E-state index in [4.69, 9.17) is 14.2 Å². The summed E-state index contributed by atoms with van der Waals surface area (Å²) in [6.07, 6.45) is -1.35. The fraction of sp³-hybridized carbons (Fsp3) is 0.167. The van der Waals surface area contributed by atoms with Crippen LogP contribution in [-0.4, -0.2) is 31.1 Å². The quantitative estimate of drug-likeness (QED) is 0.651. The van der Waals surface area contributed by atoms with Gasteiger partial charge in [-0.25, -0.2) is 0 Å². The Morgan fingerprint density at radius 1 is 0.871 bits per heavy atom. The second-order valence-corrected chi connectivity index (χ2v) is 7.03. The fourth-order valence-corrected chi connectivity index (χ4v) is 3.30. The zero-order chi connectivity index (χ0) is 21.8. The van der Waals surface area contributed by atoms with Crippen molar-refractivity contribution in [2.45, 2.75) is 19.1 Å². The molecule has 31 heavy (non-hydrogen) atoms. The maximum Gasteiger partial charge on any atom is 0.269 e. The van der Waals surface area contributed by atoms with E-state index in [9.17, 15) is 9.59 Å². The van der Waals surface area contributed by atoms with Gasteiger partial charge >= 0.3 is 0 Å². The number of para-hydroxylation sites is 3. The van der Waals surface area contributed by atoms with E-state index < -0.39 is 18.1 Å². The number of carbonyl (C=O) groups is 2. The predicted molar refractivity (Wildman–Crippen MR) is 117 cm³/mol. The summed E-state index contributed by atoms with van der Waals surface area (Å²) in [5.41, 5.74) is 1.28. The third-order valence-corrected chi connectivity index (χ3v) is 4.86. The lowest BCUT2D eigenvalue weighted by Crippen LogP contribution is -2.46. The number of ether oxygens (including phenoxy) is 3. The summed E-state index contributed by atoms with van der Waals surface area (Å²) in [6.45, 7) is 1.77. The summed E-state index contributed by atoms with van der Waals surface area (Å²) in [7, 11) is 1.56. The van der Waals surface area contributed by atoms with Gasteiger partial charge in [0.05, 0.1) is 18.4 Å². The van der Waals surface area contributed by atoms with Gasteiger partial charge in [-0.1, -0.05) is 30.3 Å². The zero-order valence-corrected chi connectivity index (χ0v) is 17.1. The topological polar surface area (TPSA) is 85.9 Å². The Balaban J connectivity index is 1.51. The molecule has 1 heterocycles. The SMILES string of the molecule is COc1cccc(NC(=O)c2ccccc2NC(=O)[C@H]2Oc3ccccc3O[C@@H]2C)c1. The Bertz CT molecular complexity index is 1110. The van der Waals surface area contributed by atoms with E-state index in [-0.39, 0.29) is 5.91 Å². The highest BCUT2D eigenvalue weighted by atomic mass is 16.6. The number of hydrogen-bond donors (Lipinski definition) is 2. The highest BCUT2D eigenvalue weighted by molar-refractivity contribution is 6.10. The number of anilines is 2. The van der Waals surface area contributed by atoms with E-state index in [0.717, 1.165) is 0 Å². The number of fused-ring (bicyclic) bond motifs is 1. The normalized spacial score (nSPS) is 16.8. The molecule has 0 bridgehead atoms. The van der Waals surface area contributed by atoms with Gasteiger partial charge in [-0.15, -0.1) is 0 Å². The number of rotatable bonds is 5. The first-order chi connectivity index (χ1) is 15.0. The van der Waals surface area contributed by atoms with Crippen molar-refractivity contribution in [3.05, 3.63) is 78.4 Å². The molecule has 0 aromatic heterocycles. The van der Waals surface area contributed by atoms with Crippen molar-refractivity contribution in [3.63, 3.8) is 0 Å². The molecule has 7 nitrogen and oxygen atoms in total. The Kier molecular flexibility index (Phi) is 5.75. The molecule has 0 unspecified atom stereocenters. The van der Waals surface area contributed by atoms with Gasteiger partial charge in [0.2, 0.25) is 6.10 Å². The largest absolute Gasteiger partial charge is 0.497 e. The van der Waals surface area contributed by atoms with Gasteiger partial charge in [0.25, 0.3) is 11.8 Å². The molecule has 0 saturated heterocycles. The molecule has 4 rings (SSSR count). The molecule has 2 amide bonds. The van der Waals surface area contributed by atoms with E-state index in [1.807, 2.05) is 12.1 Å². The molecule has 0 saturated carbocycles. The van der Waals surface area contributed by atoms with Crippen LogP contribution in [0.2, 0.25) is 0 Å². The lowest BCUT2D eigenvalue weighted by molar-refractivity contribution is -0.128. The van der Waals surface area contributed by atoms with Crippen LogP contribution in [0.1, 0.15) is 17.3 Å². The summed E-state index contributed by atoms with van der Waals surface area (Å²) in [6, 6.07) is 21.0. The monoisotopic (exact) mass is 418 g/mol. The maximum absolute atomic E-state index is 12.9. The number of methoxy groups -OCH3 is 1. The molecule has 0 spiro atoms. The molecule has 2 N–H and O–H groups in total. The van der Waals surface area contributed by atoms with Gasteiger partial charge in [-0.2, -0.15) is 0 Å². The third kappa shape index (κ3) is 4.45. The molecule has 0 radical (unpaired) electrons. The van der Waals surface area contributed by atoms with E-state index in [1.165, 1.54) is 0 Å². The Morgan fingerprint density at radius 2 is 1.58 bits per heavy atom. The summed E-state index contributed by atoms with van der Waals surface area (Å²) in [5, 5.41) is 5.62. The molecule has 0 fully saturated rings. The highest BCUT2D eigenvalue weighted by Crippen LogP contribution is 2.34. The Morgan fingerprint density at radius 3 is 2.35 bits per heavy atom. The molecular weight excluding hydrogens is 396 g/mol. The molecule has 158 valence electrons. The second-order valence-electron chi connectivity index (χ2n) is 7.03. The average molecular weight is 418 g/mol. The van der Waals surface area contributed by atoms with E-state index in [1.54, 1.807) is 74.7 Å². The van der Waals surface area contributed by atoms with Crippen molar-refractivity contribution in [1.82, 2.24) is 0 Å². The van der Waals surface area contributed by atoms with Gasteiger partial charge in [-0.3, -0.25) is 9.59 Å². The lowest BCUT2D eigenvalue weighted by atomic mass is 10.1. The van der Waals surface area contributed by atoms with Crippen LogP contribution in [0, 0.1) is 0 Å². The van der Waals surface area contributed by atoms with Crippen LogP contribution in [-0.2, 0) is 4.79 Å². The smallest absolute Gasteiger partial charge is 0.269 e. The van der Waals surface area contributed by atoms with Crippen molar-refractivity contribution in [1.29, 1.82) is 0 Å². The van der Waals surface area contributed by atoms with Crippen LogP contribution in [0.5, 0.6) is 17.2 Å². The third-order valence-electron chi connectivity index (χ3n) is 4.86. The number of amides is 2. The minimum atomic E-state index is -0.857. The van der Waals surface area contributed by atoms with E-state index in [2.05, 4.69) is 10.6 Å². The van der Waals surface area contributed by atoms with E-state index in [0.29, 0.717) is 34.2 Å². The Labute approximate surface area is 179 Å². The van der Waals surface area contributed by atoms with Crippen LogP contribution in [0.4, 0.5) is 11.4 Å². The minimum absolute atomic E-state index is 0.323. The van der Waals surface area contributed by atoms with Gasteiger partial charge in [0.1, 0.15) is 11.9 Å². The highest BCUT2D eigenvalue weighted by Gasteiger charge is 2.34. The molecule has 3 aromatic carbocycles. The second kappa shape index (κ2) is 8.79. The Hall–Kier alpha value is -4.00. The number of nitrogens with one attached hydrogen (secondary N) is 2. The standard InChI is InChI=1S/C24H22N2O5/c1-15-22(31-21-13-6-5-12-20(21)30-15)24(28)26-19-11-4-3-10-18(19)23(27)25-16-8-7-9-17(14-16)29-2/h3-15,22H,1-2H3,(H,25,27)(H,26,28)/t15-,22+/m1/s1. The summed E-state index contributed by atoms with van der Waals surface area (Å²) < 4.78 is 16.8. The van der Waals surface area contributed by atoms with Crippen LogP contribution in [0.3, 0.4) is 0 Å². The average Bonchev–Trinajstić information content (AvgIpc) is 2.79. The van der Waals surface area contributed by atoms with Gasteiger partial charge in [0, 0.05) is 11.8 Å². The van der Waals surface area contributed by atoms with Crippen molar-refractivity contribution >= 4 is 23.2 Å². The predicted octanol–water partition coefficient (Wildman–Crippen LogP) is 4.11. The first kappa shape index (κ1) is 20.3. The molecule has 2 atom stereocenters. The van der Waals surface area contributed by atoms with Crippen molar-refractivity contribution < 1.29 is 23.8 Å². The van der Waals surface area contributed by atoms with Crippen molar-refractivity contribution in [2.75, 3.05) is 17.7 Å². The van der Waals surface area contributed by atoms with Crippen LogP contribution >= 0.6 is 0 Å². The number of hydrogen-bond acceptors (Lipinski definition) is 5. The molecule has 1 aliphatic rings. The summed E-state index contributed by atoms with van der Waals surface area (Å²) >= 11 is 0. The molecule has 1 aliphatic heterocycles. The summed E-state index contributed by atoms with van der Waals surface area (Å²) in [4.78, 5) is 25.8. The van der Waals surface area contributed by atoms with Gasteiger partial charge in [0.15, 0.2) is 11.5 Å².